The second-order valence-electron chi connectivity index (χ2n) is 8.38. The van der Waals surface area contributed by atoms with Crippen LogP contribution in [0.5, 0.6) is 17.2 Å². The fourth-order valence-electron chi connectivity index (χ4n) is 2.96. The summed E-state index contributed by atoms with van der Waals surface area (Å²) in [6.07, 6.45) is 2.82. The summed E-state index contributed by atoms with van der Waals surface area (Å²) in [6, 6.07) is 22.9. The SMILES string of the molecule is Cc1ccc(S(=O)(=O)OS(C)(C)CCOc2ccc(OCC(O)COc3ccccc3)cc2)cc1. The van der Waals surface area contributed by atoms with Crippen LogP contribution in [-0.2, 0) is 13.7 Å². The van der Waals surface area contributed by atoms with Crippen LogP contribution in [-0.4, -0.2) is 57.7 Å². The van der Waals surface area contributed by atoms with Crippen LogP contribution in [0.4, 0.5) is 0 Å². The van der Waals surface area contributed by atoms with Crippen LogP contribution >= 0.6 is 10.3 Å². The Kier molecular flexibility index (Phi) is 9.45. The minimum atomic E-state index is -3.83. The third-order valence-corrected chi connectivity index (χ3v) is 9.07. The van der Waals surface area contributed by atoms with Gasteiger partial charge in [0.15, 0.2) is 0 Å². The molecule has 190 valence electrons. The van der Waals surface area contributed by atoms with Crippen molar-refractivity contribution in [2.75, 3.05) is 38.1 Å². The van der Waals surface area contributed by atoms with Gasteiger partial charge in [-0.25, -0.2) is 3.63 Å². The lowest BCUT2D eigenvalue weighted by atomic mass is 10.2. The molecule has 0 aliphatic rings. The smallest absolute Gasteiger partial charge is 0.306 e. The van der Waals surface area contributed by atoms with Crippen molar-refractivity contribution in [3.8, 4) is 17.2 Å². The van der Waals surface area contributed by atoms with Crippen molar-refractivity contribution in [3.63, 3.8) is 0 Å². The van der Waals surface area contributed by atoms with Gasteiger partial charge < -0.3 is 19.3 Å². The van der Waals surface area contributed by atoms with E-state index in [9.17, 15) is 13.5 Å². The molecule has 0 fully saturated rings. The van der Waals surface area contributed by atoms with Gasteiger partial charge in [-0.05, 0) is 68.0 Å². The van der Waals surface area contributed by atoms with Crippen molar-refractivity contribution in [1.82, 2.24) is 0 Å². The zero-order valence-electron chi connectivity index (χ0n) is 20.1. The average molecular weight is 521 g/mol. The van der Waals surface area contributed by atoms with Crippen molar-refractivity contribution in [3.05, 3.63) is 84.4 Å². The maximum absolute atomic E-state index is 12.6. The van der Waals surface area contributed by atoms with E-state index in [0.29, 0.717) is 29.6 Å². The number of ether oxygens (including phenoxy) is 3. The van der Waals surface area contributed by atoms with Gasteiger partial charge in [-0.2, -0.15) is 8.42 Å². The van der Waals surface area contributed by atoms with Gasteiger partial charge in [0.1, 0.15) is 36.6 Å². The normalized spacial score (nSPS) is 13.1. The fourth-order valence-corrected chi connectivity index (χ4v) is 6.44. The van der Waals surface area contributed by atoms with E-state index in [0.717, 1.165) is 5.56 Å². The first-order valence-corrected chi connectivity index (χ1v) is 15.0. The standard InChI is InChI=1S/C26H32O7S2/c1-21-9-15-26(16-10-21)35(28,29)33-34(2,3)18-17-30-24-11-13-25(14-12-24)32-20-22(27)19-31-23-7-5-4-6-8-23/h4-16,22,27H,17-20H2,1-3H3. The highest BCUT2D eigenvalue weighted by atomic mass is 32.3. The number of hydrogen-bond donors (Lipinski definition) is 1. The predicted octanol–water partition coefficient (Wildman–Crippen LogP) is 4.58. The number of hydrogen-bond acceptors (Lipinski definition) is 7. The van der Waals surface area contributed by atoms with Crippen molar-refractivity contribution in [1.29, 1.82) is 0 Å². The molecule has 0 aliphatic heterocycles. The maximum atomic E-state index is 12.6. The first-order valence-electron chi connectivity index (χ1n) is 11.1. The van der Waals surface area contributed by atoms with Gasteiger partial charge in [0.2, 0.25) is 0 Å². The molecule has 1 atom stereocenters. The molecule has 1 unspecified atom stereocenters. The Morgan fingerprint density at radius 2 is 1.26 bits per heavy atom. The van der Waals surface area contributed by atoms with Crippen LogP contribution in [0.25, 0.3) is 0 Å². The van der Waals surface area contributed by atoms with Gasteiger partial charge in [0.05, 0.1) is 11.5 Å². The number of benzene rings is 3. The largest absolute Gasteiger partial charge is 0.493 e. The quantitative estimate of drug-likeness (QED) is 0.353. The molecule has 0 aliphatic carbocycles. The van der Waals surface area contributed by atoms with Gasteiger partial charge in [-0.3, -0.25) is 0 Å². The number of rotatable bonds is 13. The van der Waals surface area contributed by atoms with E-state index in [1.807, 2.05) is 37.3 Å². The molecule has 0 heterocycles. The average Bonchev–Trinajstić information content (AvgIpc) is 2.82. The van der Waals surface area contributed by atoms with Crippen molar-refractivity contribution >= 4 is 20.4 Å². The molecule has 0 aromatic heterocycles. The van der Waals surface area contributed by atoms with E-state index in [4.69, 9.17) is 17.8 Å². The fraction of sp³-hybridized carbons (Fsp3) is 0.308. The summed E-state index contributed by atoms with van der Waals surface area (Å²) in [4.78, 5) is 0.150. The molecule has 0 radical (unpaired) electrons. The zero-order valence-corrected chi connectivity index (χ0v) is 21.8. The molecule has 3 aromatic rings. The topological polar surface area (TPSA) is 91.3 Å². The molecule has 7 nitrogen and oxygen atoms in total. The third-order valence-electron chi connectivity index (χ3n) is 4.88. The van der Waals surface area contributed by atoms with Gasteiger partial charge in [-0.1, -0.05) is 35.9 Å². The van der Waals surface area contributed by atoms with E-state index in [-0.39, 0.29) is 18.1 Å². The summed E-state index contributed by atoms with van der Waals surface area (Å²) in [6.45, 7) is 2.43. The first kappa shape index (κ1) is 26.9. The second kappa shape index (κ2) is 12.3. The monoisotopic (exact) mass is 520 g/mol. The van der Waals surface area contributed by atoms with Gasteiger partial charge >= 0.3 is 10.1 Å². The number of aliphatic hydroxyl groups is 1. The number of aliphatic hydroxyl groups excluding tert-OH is 1. The Bertz CT molecular complexity index is 1150. The number of aryl methyl sites for hydroxylation is 1. The first-order chi connectivity index (χ1) is 16.6. The van der Waals surface area contributed by atoms with Crippen LogP contribution in [0.15, 0.2) is 83.8 Å². The lowest BCUT2D eigenvalue weighted by molar-refractivity contribution is 0.0626. The number of para-hydroxylation sites is 1. The third kappa shape index (κ3) is 9.10. The van der Waals surface area contributed by atoms with Crippen molar-refractivity contribution in [2.45, 2.75) is 17.9 Å². The van der Waals surface area contributed by atoms with Gasteiger partial charge in [0.25, 0.3) is 0 Å². The molecule has 3 aromatic carbocycles. The van der Waals surface area contributed by atoms with E-state index in [1.54, 1.807) is 61.0 Å². The Hall–Kier alpha value is -2.72. The molecule has 0 amide bonds. The zero-order chi connectivity index (χ0) is 25.3. The lowest BCUT2D eigenvalue weighted by Gasteiger charge is -2.29. The van der Waals surface area contributed by atoms with E-state index < -0.39 is 26.5 Å². The molecule has 0 saturated heterocycles. The lowest BCUT2D eigenvalue weighted by Crippen LogP contribution is -2.25. The molecular weight excluding hydrogens is 488 g/mol. The molecule has 0 bridgehead atoms. The Labute approximate surface area is 209 Å². The summed E-state index contributed by atoms with van der Waals surface area (Å²) in [5, 5.41) is 10.1. The highest BCUT2D eigenvalue weighted by Gasteiger charge is 2.24. The van der Waals surface area contributed by atoms with Crippen LogP contribution in [0.3, 0.4) is 0 Å². The summed E-state index contributed by atoms with van der Waals surface area (Å²) >= 11 is 0. The molecular formula is C26H32O7S2. The molecule has 0 spiro atoms. The highest BCUT2D eigenvalue weighted by molar-refractivity contribution is 8.32. The molecule has 3 rings (SSSR count). The Morgan fingerprint density at radius 3 is 1.83 bits per heavy atom. The summed E-state index contributed by atoms with van der Waals surface area (Å²) in [5.41, 5.74) is 0.980. The van der Waals surface area contributed by atoms with E-state index >= 15 is 0 Å². The summed E-state index contributed by atoms with van der Waals surface area (Å²) < 4.78 is 47.6. The minimum Gasteiger partial charge on any atom is -0.493 e. The van der Waals surface area contributed by atoms with E-state index in [2.05, 4.69) is 0 Å². The van der Waals surface area contributed by atoms with Gasteiger partial charge in [-0.15, -0.1) is 10.3 Å². The summed E-state index contributed by atoms with van der Waals surface area (Å²) in [7, 11) is -5.73. The van der Waals surface area contributed by atoms with Crippen LogP contribution in [0.1, 0.15) is 5.56 Å². The Morgan fingerprint density at radius 1 is 0.743 bits per heavy atom. The Balaban J connectivity index is 1.40. The molecule has 1 N–H and O–H groups in total. The molecule has 9 heteroatoms. The molecule has 0 saturated carbocycles. The van der Waals surface area contributed by atoms with Crippen molar-refractivity contribution < 1.29 is 31.4 Å². The predicted molar refractivity (Wildman–Crippen MR) is 139 cm³/mol. The van der Waals surface area contributed by atoms with Crippen LogP contribution < -0.4 is 14.2 Å². The highest BCUT2D eigenvalue weighted by Crippen LogP contribution is 2.44. The molecule has 35 heavy (non-hydrogen) atoms. The summed E-state index contributed by atoms with van der Waals surface area (Å²) in [5.74, 6) is 2.36. The maximum Gasteiger partial charge on any atom is 0.306 e. The van der Waals surface area contributed by atoms with E-state index in [1.165, 1.54) is 0 Å². The van der Waals surface area contributed by atoms with Crippen LogP contribution in [0, 0.1) is 6.92 Å². The van der Waals surface area contributed by atoms with Crippen molar-refractivity contribution in [2.24, 2.45) is 0 Å². The van der Waals surface area contributed by atoms with Crippen LogP contribution in [0.2, 0.25) is 0 Å². The van der Waals surface area contributed by atoms with Gasteiger partial charge in [0, 0.05) is 5.75 Å². The second-order valence-corrected chi connectivity index (χ2v) is 13.6. The minimum absolute atomic E-state index is 0.0946.